The van der Waals surface area contributed by atoms with Crippen LogP contribution in [0.3, 0.4) is 0 Å². The summed E-state index contributed by atoms with van der Waals surface area (Å²) in [5.74, 6) is -9.08. The van der Waals surface area contributed by atoms with E-state index in [1.54, 1.807) is 99.8 Å². The number of hydrogen-bond donors (Lipinski definition) is 7. The van der Waals surface area contributed by atoms with Gasteiger partial charge in [-0.05, 0) is 96.4 Å². The average Bonchev–Trinajstić information content (AvgIpc) is 0.914. The number of carboxylic acids is 1. The summed E-state index contributed by atoms with van der Waals surface area (Å²) in [4.78, 5) is 259. The van der Waals surface area contributed by atoms with Crippen molar-refractivity contribution in [2.24, 2.45) is 0 Å². The number of carboxylic acid groups (broad SMARTS) is 1. The van der Waals surface area contributed by atoms with E-state index in [2.05, 4.69) is 31.9 Å². The molecule has 776 valence electrons. The Kier molecular flexibility index (Phi) is 81.8. The smallest absolute Gasteiger partial charge is 0.320 e. The second-order valence-electron chi connectivity index (χ2n) is 28.4. The van der Waals surface area contributed by atoms with Crippen molar-refractivity contribution >= 4 is 141 Å². The van der Waals surface area contributed by atoms with Crippen molar-refractivity contribution < 1.29 is 158 Å². The van der Waals surface area contributed by atoms with Gasteiger partial charge < -0.3 is 98.7 Å². The van der Waals surface area contributed by atoms with Crippen LogP contribution in [0.5, 0.6) is 0 Å². The van der Waals surface area contributed by atoms with E-state index in [9.17, 15) is 95.9 Å². The highest BCUT2D eigenvalue weighted by molar-refractivity contribution is 8.13. The normalized spacial score (nSPS) is 10.8. The number of esters is 12. The Balaban J connectivity index is -0.00000234. The van der Waals surface area contributed by atoms with Crippen LogP contribution < -0.4 is 31.9 Å². The lowest BCUT2D eigenvalue weighted by atomic mass is 10.3. The number of carbonyl (C=O) groups is 20. The first-order chi connectivity index (χ1) is 64.5. The van der Waals surface area contributed by atoms with E-state index in [-0.39, 0.29) is 322 Å². The fourth-order valence-corrected chi connectivity index (χ4v) is 13.0. The van der Waals surface area contributed by atoms with Crippen LogP contribution in [0.1, 0.15) is 123 Å². The number of nitrogens with zero attached hydrogens (tertiary/aromatic N) is 9. The zero-order chi connectivity index (χ0) is 102. The third kappa shape index (κ3) is 77.8. The third-order valence-corrected chi connectivity index (χ3v) is 19.0. The molecule has 48 nitrogen and oxygen atoms in total. The predicted octanol–water partition coefficient (Wildman–Crippen LogP) is -2.60. The van der Waals surface area contributed by atoms with Crippen LogP contribution in [0, 0.1) is 0 Å². The molecule has 0 aliphatic heterocycles. The predicted molar refractivity (Wildman–Crippen MR) is 493 cm³/mol. The Morgan fingerprint density at radius 2 is 0.444 bits per heavy atom. The first-order valence-electron chi connectivity index (χ1n) is 45.5. The topological polar surface area (TPSA) is 574 Å². The fourth-order valence-electron chi connectivity index (χ4n) is 11.4. The number of amides is 6. The lowest BCUT2D eigenvalue weighted by Crippen LogP contribution is -2.48. The molecular formula is C85H151N15O33S2. The standard InChI is InChI=1S/C42H74N8O16S.C36H65N7O14.C7H12O3S/c1-8-43-42(60)67-24-15-35(53)50(18-16-44-33(51)25-46(27-36(54)61-9-2)20-22-48(29-38(56)63-11-4)30-39(57)64-12-5)19-17-45-34(52)26-47(28-37(55)62-10-3)21-23-49(31-40(58)65-13-6)32-41(59)66-14-7;1-7-52-31(46)23-40(17-19-42(25-33(48)54-9-3)26-34(49)55-10-4)21-29(44)38-15-13-37-14-16-39-30(45)22-41(24-32(47)53-8-2)18-20-43(27-35(50)56-11-5)28-36(51)57-12-6;1-2-3-7(10)11-5-4-6(8)9/h8-32H2,1-7H3,(H,43,60)(H,44,51)(H,45,52);37H,7-28H2,1-6H3,(H,38,44)(H,39,45);2-5H2,1H3,(H,8,9). The molecular weight excluding hydrogens is 1820 g/mol. The summed E-state index contributed by atoms with van der Waals surface area (Å²) in [6.45, 7) is 24.2. The minimum absolute atomic E-state index is 0.00273. The molecule has 0 heterocycles. The van der Waals surface area contributed by atoms with Crippen LogP contribution >= 0.6 is 23.5 Å². The molecule has 0 rings (SSSR count). The molecule has 0 saturated carbocycles. The number of nitrogens with one attached hydrogen (secondary N) is 6. The zero-order valence-corrected chi connectivity index (χ0v) is 83.0. The van der Waals surface area contributed by atoms with Crippen molar-refractivity contribution in [3.8, 4) is 0 Å². The summed E-state index contributed by atoms with van der Waals surface area (Å²) in [7, 11) is 0. The number of aliphatic carboxylic acids is 1. The quantitative estimate of drug-likeness (QED) is 0.0187. The molecule has 0 fully saturated rings. The van der Waals surface area contributed by atoms with Gasteiger partial charge in [-0.2, -0.15) is 0 Å². The number of rotatable bonds is 77. The van der Waals surface area contributed by atoms with Crippen molar-refractivity contribution in [1.29, 1.82) is 0 Å². The van der Waals surface area contributed by atoms with Gasteiger partial charge in [0.05, 0.1) is 190 Å². The summed E-state index contributed by atoms with van der Waals surface area (Å²) < 4.78 is 60.4. The Labute approximate surface area is 800 Å². The van der Waals surface area contributed by atoms with E-state index < -0.39 is 89.4 Å². The first kappa shape index (κ1) is 129. The Morgan fingerprint density at radius 3 is 0.644 bits per heavy atom. The minimum Gasteiger partial charge on any atom is -0.481 e. The molecule has 0 bridgehead atoms. The number of hydrogen-bond acceptors (Lipinski definition) is 43. The van der Waals surface area contributed by atoms with Crippen molar-refractivity contribution in [3.05, 3.63) is 0 Å². The van der Waals surface area contributed by atoms with Crippen LogP contribution in [-0.2, 0) is 148 Å². The van der Waals surface area contributed by atoms with E-state index in [1.807, 2.05) is 6.92 Å². The fraction of sp³-hybridized carbons (Fsp3) is 0.765. The minimum atomic E-state index is -0.846. The van der Waals surface area contributed by atoms with Crippen LogP contribution in [-0.4, -0.2) is 473 Å². The molecule has 0 radical (unpaired) electrons. The molecule has 0 spiro atoms. The first-order valence-corrected chi connectivity index (χ1v) is 47.5. The van der Waals surface area contributed by atoms with Crippen molar-refractivity contribution in [3.63, 3.8) is 0 Å². The molecule has 7 N–H and O–H groups in total. The van der Waals surface area contributed by atoms with Gasteiger partial charge in [-0.3, -0.25) is 135 Å². The Morgan fingerprint density at radius 1 is 0.237 bits per heavy atom. The van der Waals surface area contributed by atoms with E-state index in [0.717, 1.165) is 29.9 Å². The van der Waals surface area contributed by atoms with E-state index in [4.69, 9.17) is 61.9 Å². The van der Waals surface area contributed by atoms with Gasteiger partial charge in [0.2, 0.25) is 29.5 Å². The molecule has 0 aromatic carbocycles. The van der Waals surface area contributed by atoms with Gasteiger partial charge in [0.15, 0.2) is 5.12 Å². The maximum Gasteiger partial charge on any atom is 0.320 e. The van der Waals surface area contributed by atoms with E-state index >= 15 is 0 Å². The van der Waals surface area contributed by atoms with Gasteiger partial charge >= 0.3 is 77.6 Å². The molecule has 0 unspecified atom stereocenters. The maximum atomic E-state index is 13.4. The molecule has 0 saturated heterocycles. The number of ether oxygens (including phenoxy) is 12. The van der Waals surface area contributed by atoms with Crippen LogP contribution in [0.25, 0.3) is 0 Å². The molecule has 0 aliphatic carbocycles. The second kappa shape index (κ2) is 85.6. The number of thioether (sulfide) groups is 2. The van der Waals surface area contributed by atoms with E-state index in [1.165, 1.54) is 34.3 Å². The van der Waals surface area contributed by atoms with Gasteiger partial charge in [-0.25, -0.2) is 0 Å². The SMILES string of the molecule is CCCC(=O)SCCC(=O)O.CCNC(=O)SCCC(=O)N(CCNC(=O)CN(CCN(CC(=O)OCC)CC(=O)OCC)CC(=O)OCC)CCNC(=O)CN(CCN(CC(=O)OCC)CC(=O)OCC)CC(=O)OCC.CCOC(=O)CN(CCN(CC(=O)OCC)CC(=O)OCC)CC(=O)NCCNCCNC(=O)CN(CCN(CC(=O)OCC)CC(=O)OCC)CC(=O)OCC. The maximum absolute atomic E-state index is 13.4. The lowest BCUT2D eigenvalue weighted by molar-refractivity contribution is -0.150. The van der Waals surface area contributed by atoms with Crippen LogP contribution in [0.4, 0.5) is 4.79 Å². The highest BCUT2D eigenvalue weighted by Crippen LogP contribution is 2.10. The summed E-state index contributed by atoms with van der Waals surface area (Å²) >= 11 is 2.05. The number of carbonyl (C=O) groups excluding carboxylic acids is 19. The van der Waals surface area contributed by atoms with E-state index in [0.29, 0.717) is 31.8 Å². The molecule has 0 atom stereocenters. The molecule has 50 heteroatoms. The molecule has 6 amide bonds. The highest BCUT2D eigenvalue weighted by Gasteiger charge is 2.28. The van der Waals surface area contributed by atoms with Crippen LogP contribution in [0.2, 0.25) is 0 Å². The second-order valence-corrected chi connectivity index (χ2v) is 30.6. The molecule has 135 heavy (non-hydrogen) atoms. The summed E-state index contributed by atoms with van der Waals surface area (Å²) in [5, 5.41) is 24.8. The largest absolute Gasteiger partial charge is 0.481 e. The van der Waals surface area contributed by atoms with Gasteiger partial charge in [-0.1, -0.05) is 30.4 Å². The summed E-state index contributed by atoms with van der Waals surface area (Å²) in [6.07, 6.45) is 1.41. The lowest BCUT2D eigenvalue weighted by Gasteiger charge is -2.27. The summed E-state index contributed by atoms with van der Waals surface area (Å²) in [6, 6.07) is 0. The van der Waals surface area contributed by atoms with Crippen molar-refractivity contribution in [2.45, 2.75) is 123 Å². The highest BCUT2D eigenvalue weighted by atomic mass is 32.2. The summed E-state index contributed by atoms with van der Waals surface area (Å²) in [5.41, 5.74) is 0. The molecule has 0 aromatic rings. The average molecular weight is 1980 g/mol. The van der Waals surface area contributed by atoms with Gasteiger partial charge in [0.1, 0.15) is 0 Å². The van der Waals surface area contributed by atoms with Gasteiger partial charge in [0, 0.05) is 136 Å². The van der Waals surface area contributed by atoms with Gasteiger partial charge in [-0.15, -0.1) is 0 Å². The Hall–Kier alpha value is -10.1. The molecule has 0 aliphatic rings. The Bertz CT molecular complexity index is 3230. The third-order valence-electron chi connectivity index (χ3n) is 17.2. The van der Waals surface area contributed by atoms with Crippen LogP contribution in [0.15, 0.2) is 0 Å². The molecule has 0 aromatic heterocycles. The van der Waals surface area contributed by atoms with Gasteiger partial charge in [0.25, 0.3) is 5.24 Å². The van der Waals surface area contributed by atoms with Crippen molar-refractivity contribution in [2.75, 3.05) is 307 Å². The monoisotopic (exact) mass is 1970 g/mol. The zero-order valence-electron chi connectivity index (χ0n) is 81.4. The van der Waals surface area contributed by atoms with Crippen molar-refractivity contribution in [1.82, 2.24) is 76.0 Å².